The maximum Gasteiger partial charge on any atom is 0.137 e. The molecule has 1 aromatic heterocycles. The zero-order valence-corrected chi connectivity index (χ0v) is 17.3. The van der Waals surface area contributed by atoms with E-state index in [0.717, 1.165) is 33.3 Å². The highest BCUT2D eigenvalue weighted by atomic mass is 16.3. The number of benzene rings is 4. The summed E-state index contributed by atoms with van der Waals surface area (Å²) in [4.78, 5) is 0. The molecule has 0 saturated heterocycles. The Morgan fingerprint density at radius 1 is 0.677 bits per heavy atom. The Labute approximate surface area is 181 Å². The summed E-state index contributed by atoms with van der Waals surface area (Å²) in [5, 5.41) is 6.03. The van der Waals surface area contributed by atoms with Crippen LogP contribution in [0.25, 0.3) is 33.1 Å². The molecule has 0 amide bonds. The van der Waals surface area contributed by atoms with Crippen LogP contribution in [0.3, 0.4) is 0 Å². The van der Waals surface area contributed by atoms with E-state index in [2.05, 4.69) is 72.0 Å². The number of anilines is 2. The standard InChI is InChI=1S/C29H23NO/c1-3-10-23-20(8-1)21-15-14-19(18-24(21)29(23)16-5-6-17-29)30-25-11-7-13-27-28(25)22-9-2-4-12-26(22)31-27/h1-4,7-15,18,30H,5-6,16-17H2. The third-order valence-electron chi connectivity index (χ3n) is 7.41. The van der Waals surface area contributed by atoms with E-state index in [1.807, 2.05) is 18.2 Å². The molecule has 2 aliphatic carbocycles. The SMILES string of the molecule is c1ccc2c(c1)-c1ccc(Nc3cccc4oc5ccccc5c34)cc1C21CCCC1. The predicted molar refractivity (Wildman–Crippen MR) is 128 cm³/mol. The molecule has 5 aromatic rings. The van der Waals surface area contributed by atoms with Gasteiger partial charge in [-0.3, -0.25) is 0 Å². The Morgan fingerprint density at radius 3 is 2.39 bits per heavy atom. The molecular weight excluding hydrogens is 378 g/mol. The third kappa shape index (κ3) is 2.33. The van der Waals surface area contributed by atoms with Crippen LogP contribution in [-0.4, -0.2) is 0 Å². The lowest BCUT2D eigenvalue weighted by atomic mass is 9.77. The van der Waals surface area contributed by atoms with Gasteiger partial charge in [-0.25, -0.2) is 0 Å². The third-order valence-corrected chi connectivity index (χ3v) is 7.41. The van der Waals surface area contributed by atoms with Gasteiger partial charge in [0.2, 0.25) is 0 Å². The summed E-state index contributed by atoms with van der Waals surface area (Å²) in [6.07, 6.45) is 5.13. The Morgan fingerprint density at radius 2 is 1.45 bits per heavy atom. The fourth-order valence-electron chi connectivity index (χ4n) is 6.08. The lowest BCUT2D eigenvalue weighted by Crippen LogP contribution is -2.20. The highest BCUT2D eigenvalue weighted by Gasteiger charge is 2.44. The number of hydrogen-bond donors (Lipinski definition) is 1. The van der Waals surface area contributed by atoms with Crippen LogP contribution in [0.5, 0.6) is 0 Å². The fraction of sp³-hybridized carbons (Fsp3) is 0.172. The molecule has 1 saturated carbocycles. The van der Waals surface area contributed by atoms with Crippen LogP contribution in [0.4, 0.5) is 11.4 Å². The number of rotatable bonds is 2. The summed E-state index contributed by atoms with van der Waals surface area (Å²) in [5.41, 5.74) is 10.2. The van der Waals surface area contributed by atoms with Gasteiger partial charge < -0.3 is 9.73 Å². The monoisotopic (exact) mass is 401 g/mol. The molecule has 2 nitrogen and oxygen atoms in total. The van der Waals surface area contributed by atoms with E-state index >= 15 is 0 Å². The topological polar surface area (TPSA) is 25.2 Å². The van der Waals surface area contributed by atoms with E-state index in [4.69, 9.17) is 4.42 Å². The van der Waals surface area contributed by atoms with Crippen molar-refractivity contribution in [2.75, 3.05) is 5.32 Å². The van der Waals surface area contributed by atoms with Crippen molar-refractivity contribution in [3.63, 3.8) is 0 Å². The zero-order valence-electron chi connectivity index (χ0n) is 17.3. The lowest BCUT2D eigenvalue weighted by Gasteiger charge is -2.27. The first kappa shape index (κ1) is 17.2. The largest absolute Gasteiger partial charge is 0.456 e. The van der Waals surface area contributed by atoms with Crippen LogP contribution in [0.2, 0.25) is 0 Å². The van der Waals surface area contributed by atoms with Crippen molar-refractivity contribution >= 4 is 33.3 Å². The normalized spacial score (nSPS) is 16.1. The van der Waals surface area contributed by atoms with Gasteiger partial charge >= 0.3 is 0 Å². The minimum Gasteiger partial charge on any atom is -0.456 e. The number of para-hydroxylation sites is 1. The van der Waals surface area contributed by atoms with Gasteiger partial charge in [0.05, 0.1) is 11.1 Å². The van der Waals surface area contributed by atoms with E-state index in [1.54, 1.807) is 0 Å². The number of furan rings is 1. The fourth-order valence-corrected chi connectivity index (χ4v) is 6.08. The second-order valence-electron chi connectivity index (χ2n) is 9.00. The second kappa shape index (κ2) is 6.24. The van der Waals surface area contributed by atoms with Crippen molar-refractivity contribution in [2.45, 2.75) is 31.1 Å². The van der Waals surface area contributed by atoms with Gasteiger partial charge in [-0.1, -0.05) is 67.4 Å². The van der Waals surface area contributed by atoms with E-state index < -0.39 is 0 Å². The quantitative estimate of drug-likeness (QED) is 0.323. The lowest BCUT2D eigenvalue weighted by molar-refractivity contribution is 0.550. The highest BCUT2D eigenvalue weighted by molar-refractivity contribution is 6.12. The molecule has 7 rings (SSSR count). The number of nitrogens with one attached hydrogen (secondary N) is 1. The van der Waals surface area contributed by atoms with Gasteiger partial charge in [-0.2, -0.15) is 0 Å². The second-order valence-corrected chi connectivity index (χ2v) is 9.00. The molecule has 150 valence electrons. The molecule has 2 aliphatic rings. The van der Waals surface area contributed by atoms with Crippen LogP contribution in [0, 0.1) is 0 Å². The molecule has 0 aliphatic heterocycles. The van der Waals surface area contributed by atoms with Gasteiger partial charge in [0, 0.05) is 16.5 Å². The molecule has 1 N–H and O–H groups in total. The predicted octanol–water partition coefficient (Wildman–Crippen LogP) is 8.17. The van der Waals surface area contributed by atoms with Gasteiger partial charge in [0.25, 0.3) is 0 Å². The number of hydrogen-bond acceptors (Lipinski definition) is 2. The summed E-state index contributed by atoms with van der Waals surface area (Å²) >= 11 is 0. The van der Waals surface area contributed by atoms with Gasteiger partial charge in [0.15, 0.2) is 0 Å². The average Bonchev–Trinajstić information content (AvgIpc) is 3.51. The first-order valence-corrected chi connectivity index (χ1v) is 11.3. The van der Waals surface area contributed by atoms with Crippen molar-refractivity contribution in [1.29, 1.82) is 0 Å². The molecular formula is C29H23NO. The highest BCUT2D eigenvalue weighted by Crippen LogP contribution is 2.57. The molecule has 0 atom stereocenters. The molecule has 2 heteroatoms. The summed E-state index contributed by atoms with van der Waals surface area (Å²) in [5.74, 6) is 0. The van der Waals surface area contributed by atoms with E-state index in [9.17, 15) is 0 Å². The van der Waals surface area contributed by atoms with Crippen molar-refractivity contribution in [2.24, 2.45) is 0 Å². The maximum absolute atomic E-state index is 6.08. The summed E-state index contributed by atoms with van der Waals surface area (Å²) in [6.45, 7) is 0. The molecule has 31 heavy (non-hydrogen) atoms. The van der Waals surface area contributed by atoms with Crippen LogP contribution in [0.15, 0.2) is 89.3 Å². The summed E-state index contributed by atoms with van der Waals surface area (Å²) in [7, 11) is 0. The van der Waals surface area contributed by atoms with Crippen molar-refractivity contribution < 1.29 is 4.42 Å². The van der Waals surface area contributed by atoms with Crippen LogP contribution >= 0.6 is 0 Å². The van der Waals surface area contributed by atoms with Gasteiger partial charge in [0.1, 0.15) is 11.2 Å². The summed E-state index contributed by atoms with van der Waals surface area (Å²) < 4.78 is 6.08. The Kier molecular flexibility index (Phi) is 3.46. The van der Waals surface area contributed by atoms with Crippen LogP contribution in [-0.2, 0) is 5.41 Å². The van der Waals surface area contributed by atoms with E-state index in [1.165, 1.54) is 47.9 Å². The first-order chi connectivity index (χ1) is 15.3. The van der Waals surface area contributed by atoms with Gasteiger partial charge in [-0.15, -0.1) is 0 Å². The first-order valence-electron chi connectivity index (χ1n) is 11.3. The molecule has 1 heterocycles. The van der Waals surface area contributed by atoms with E-state index in [-0.39, 0.29) is 5.41 Å². The maximum atomic E-state index is 6.08. The summed E-state index contributed by atoms with van der Waals surface area (Å²) in [6, 6.07) is 30.5. The molecule has 4 aromatic carbocycles. The average molecular weight is 402 g/mol. The van der Waals surface area contributed by atoms with Gasteiger partial charge in [-0.05, 0) is 65.4 Å². The minimum atomic E-state index is 0.192. The Balaban J connectivity index is 1.38. The van der Waals surface area contributed by atoms with E-state index in [0.29, 0.717) is 0 Å². The van der Waals surface area contributed by atoms with Crippen molar-refractivity contribution in [3.8, 4) is 11.1 Å². The zero-order chi connectivity index (χ0) is 20.4. The van der Waals surface area contributed by atoms with Crippen LogP contribution < -0.4 is 5.32 Å². The molecule has 0 bridgehead atoms. The minimum absolute atomic E-state index is 0.192. The smallest absolute Gasteiger partial charge is 0.137 e. The van der Waals surface area contributed by atoms with Crippen molar-refractivity contribution in [1.82, 2.24) is 0 Å². The Hall–Kier alpha value is -3.52. The molecule has 0 radical (unpaired) electrons. The van der Waals surface area contributed by atoms with Crippen molar-refractivity contribution in [3.05, 3.63) is 96.1 Å². The number of fused-ring (bicyclic) bond motifs is 8. The molecule has 1 spiro atoms. The van der Waals surface area contributed by atoms with Crippen LogP contribution in [0.1, 0.15) is 36.8 Å². The Bertz CT molecular complexity index is 1470. The molecule has 0 unspecified atom stereocenters. The molecule has 1 fully saturated rings.